The second-order valence-electron chi connectivity index (χ2n) is 4.15. The SMILES string of the molecule is Cc1nc(CN(C)C(=O)c2ccc(F)c(Br)c2)cs1. The van der Waals surface area contributed by atoms with Gasteiger partial charge in [0.15, 0.2) is 0 Å². The summed E-state index contributed by atoms with van der Waals surface area (Å²) in [4.78, 5) is 18.1. The van der Waals surface area contributed by atoms with Crippen molar-refractivity contribution in [3.63, 3.8) is 0 Å². The van der Waals surface area contributed by atoms with Gasteiger partial charge in [-0.3, -0.25) is 4.79 Å². The first-order valence-corrected chi connectivity index (χ1v) is 7.26. The molecule has 1 aromatic heterocycles. The zero-order valence-electron chi connectivity index (χ0n) is 10.5. The molecular formula is C13H12BrFN2OS. The number of carbonyl (C=O) groups excluding carboxylic acids is 1. The Morgan fingerprint density at radius 1 is 1.53 bits per heavy atom. The van der Waals surface area contributed by atoms with E-state index >= 15 is 0 Å². The van der Waals surface area contributed by atoms with E-state index in [0.717, 1.165) is 10.7 Å². The highest BCUT2D eigenvalue weighted by atomic mass is 79.9. The summed E-state index contributed by atoms with van der Waals surface area (Å²) in [5.74, 6) is -0.541. The molecule has 100 valence electrons. The Morgan fingerprint density at radius 3 is 2.84 bits per heavy atom. The third-order valence-electron chi connectivity index (χ3n) is 2.58. The predicted octanol–water partition coefficient (Wildman–Crippen LogP) is 3.63. The van der Waals surface area contributed by atoms with E-state index in [0.29, 0.717) is 12.1 Å². The summed E-state index contributed by atoms with van der Waals surface area (Å²) in [5, 5.41) is 2.90. The minimum absolute atomic E-state index is 0.161. The molecule has 0 saturated carbocycles. The molecule has 0 saturated heterocycles. The number of halogens is 2. The van der Waals surface area contributed by atoms with Gasteiger partial charge in [0.25, 0.3) is 5.91 Å². The maximum atomic E-state index is 13.1. The zero-order chi connectivity index (χ0) is 14.0. The quantitative estimate of drug-likeness (QED) is 0.853. The van der Waals surface area contributed by atoms with Gasteiger partial charge in [0.05, 0.1) is 21.7 Å². The van der Waals surface area contributed by atoms with Gasteiger partial charge in [0.1, 0.15) is 5.82 Å². The van der Waals surface area contributed by atoms with Crippen molar-refractivity contribution in [3.05, 3.63) is 50.1 Å². The highest BCUT2D eigenvalue weighted by Gasteiger charge is 2.14. The average molecular weight is 343 g/mol. The minimum atomic E-state index is -0.380. The number of benzene rings is 1. The number of aromatic nitrogens is 1. The van der Waals surface area contributed by atoms with Gasteiger partial charge in [-0.05, 0) is 41.1 Å². The van der Waals surface area contributed by atoms with E-state index < -0.39 is 0 Å². The molecule has 0 atom stereocenters. The van der Waals surface area contributed by atoms with E-state index in [2.05, 4.69) is 20.9 Å². The zero-order valence-corrected chi connectivity index (χ0v) is 12.9. The van der Waals surface area contributed by atoms with Gasteiger partial charge in [-0.15, -0.1) is 11.3 Å². The number of thiazole rings is 1. The highest BCUT2D eigenvalue weighted by molar-refractivity contribution is 9.10. The molecule has 0 N–H and O–H groups in total. The minimum Gasteiger partial charge on any atom is -0.336 e. The van der Waals surface area contributed by atoms with Gasteiger partial charge < -0.3 is 4.90 Å². The van der Waals surface area contributed by atoms with Crippen LogP contribution in [0, 0.1) is 12.7 Å². The van der Waals surface area contributed by atoms with E-state index in [9.17, 15) is 9.18 Å². The van der Waals surface area contributed by atoms with E-state index in [4.69, 9.17) is 0 Å². The van der Waals surface area contributed by atoms with Crippen LogP contribution in [0.5, 0.6) is 0 Å². The summed E-state index contributed by atoms with van der Waals surface area (Å²) in [7, 11) is 1.70. The molecule has 0 aliphatic rings. The molecule has 6 heteroatoms. The van der Waals surface area contributed by atoms with Crippen molar-refractivity contribution in [3.8, 4) is 0 Å². The number of carbonyl (C=O) groups is 1. The predicted molar refractivity (Wildman–Crippen MR) is 76.7 cm³/mol. The summed E-state index contributed by atoms with van der Waals surface area (Å²) < 4.78 is 13.4. The fraction of sp³-hybridized carbons (Fsp3) is 0.231. The molecule has 0 fully saturated rings. The Balaban J connectivity index is 2.12. The van der Waals surface area contributed by atoms with E-state index in [1.54, 1.807) is 23.3 Å². The Kier molecular flexibility index (Phi) is 4.31. The lowest BCUT2D eigenvalue weighted by atomic mass is 10.2. The van der Waals surface area contributed by atoms with Crippen LogP contribution in [0.3, 0.4) is 0 Å². The molecule has 2 rings (SSSR count). The standard InChI is InChI=1S/C13H12BrFN2OS/c1-8-16-10(7-19-8)6-17(2)13(18)9-3-4-12(15)11(14)5-9/h3-5,7H,6H2,1-2H3. The molecule has 3 nitrogen and oxygen atoms in total. The number of aryl methyl sites for hydroxylation is 1. The third-order valence-corrected chi connectivity index (χ3v) is 4.01. The van der Waals surface area contributed by atoms with Gasteiger partial charge in [0, 0.05) is 18.0 Å². The molecule has 2 aromatic rings. The molecule has 1 amide bonds. The number of rotatable bonds is 3. The van der Waals surface area contributed by atoms with Crippen molar-refractivity contribution in [1.29, 1.82) is 0 Å². The van der Waals surface area contributed by atoms with Gasteiger partial charge in [-0.2, -0.15) is 0 Å². The molecule has 0 bridgehead atoms. The van der Waals surface area contributed by atoms with Gasteiger partial charge in [0.2, 0.25) is 0 Å². The molecule has 0 radical (unpaired) electrons. The Labute approximate surface area is 123 Å². The van der Waals surface area contributed by atoms with E-state index in [1.807, 2.05) is 12.3 Å². The van der Waals surface area contributed by atoms with Crippen molar-refractivity contribution in [2.45, 2.75) is 13.5 Å². The number of hydrogen-bond acceptors (Lipinski definition) is 3. The fourth-order valence-electron chi connectivity index (χ4n) is 1.65. The molecule has 19 heavy (non-hydrogen) atoms. The first-order valence-electron chi connectivity index (χ1n) is 5.59. The van der Waals surface area contributed by atoms with E-state index in [-0.39, 0.29) is 16.2 Å². The van der Waals surface area contributed by atoms with Crippen LogP contribution >= 0.6 is 27.3 Å². The molecule has 0 aliphatic heterocycles. The smallest absolute Gasteiger partial charge is 0.253 e. The highest BCUT2D eigenvalue weighted by Crippen LogP contribution is 2.18. The van der Waals surface area contributed by atoms with Crippen LogP contribution in [0.15, 0.2) is 28.1 Å². The second kappa shape index (κ2) is 5.79. The van der Waals surface area contributed by atoms with Crippen LogP contribution in [0.1, 0.15) is 21.1 Å². The first kappa shape index (κ1) is 14.1. The maximum Gasteiger partial charge on any atom is 0.253 e. The topological polar surface area (TPSA) is 33.2 Å². The monoisotopic (exact) mass is 342 g/mol. The van der Waals surface area contributed by atoms with Crippen molar-refractivity contribution in [1.82, 2.24) is 9.88 Å². The molecule has 1 heterocycles. The second-order valence-corrected chi connectivity index (χ2v) is 6.06. The van der Waals surface area contributed by atoms with Crippen LogP contribution in [-0.4, -0.2) is 22.8 Å². The van der Waals surface area contributed by atoms with Crippen LogP contribution in [-0.2, 0) is 6.54 Å². The third kappa shape index (κ3) is 3.39. The molecular weight excluding hydrogens is 331 g/mol. The van der Waals surface area contributed by atoms with Crippen LogP contribution in [0.4, 0.5) is 4.39 Å². The molecule has 0 aliphatic carbocycles. The lowest BCUT2D eigenvalue weighted by Crippen LogP contribution is -2.26. The average Bonchev–Trinajstić information content (AvgIpc) is 2.77. The number of hydrogen-bond donors (Lipinski definition) is 0. The Bertz CT molecular complexity index is 614. The number of amides is 1. The van der Waals surface area contributed by atoms with Crippen molar-refractivity contribution < 1.29 is 9.18 Å². The summed E-state index contributed by atoms with van der Waals surface area (Å²) >= 11 is 4.63. The lowest BCUT2D eigenvalue weighted by molar-refractivity contribution is 0.0783. The van der Waals surface area contributed by atoms with Crippen LogP contribution in [0.25, 0.3) is 0 Å². The summed E-state index contributed by atoms with van der Waals surface area (Å²) in [6.45, 7) is 2.37. The van der Waals surface area contributed by atoms with Crippen molar-refractivity contribution >= 4 is 33.2 Å². The van der Waals surface area contributed by atoms with Gasteiger partial charge >= 0.3 is 0 Å². The Hall–Kier alpha value is -1.27. The normalized spacial score (nSPS) is 10.5. The van der Waals surface area contributed by atoms with Crippen LogP contribution < -0.4 is 0 Å². The lowest BCUT2D eigenvalue weighted by Gasteiger charge is -2.16. The molecule has 1 aromatic carbocycles. The summed E-state index contributed by atoms with van der Waals surface area (Å²) in [6, 6.07) is 4.24. The maximum absolute atomic E-state index is 13.1. The van der Waals surface area contributed by atoms with Gasteiger partial charge in [-0.25, -0.2) is 9.37 Å². The summed E-state index contributed by atoms with van der Waals surface area (Å²) in [6.07, 6.45) is 0. The largest absolute Gasteiger partial charge is 0.336 e. The molecule has 0 spiro atoms. The summed E-state index contributed by atoms with van der Waals surface area (Å²) in [5.41, 5.74) is 1.31. The molecule has 0 unspecified atom stereocenters. The Morgan fingerprint density at radius 2 is 2.26 bits per heavy atom. The van der Waals surface area contributed by atoms with Crippen molar-refractivity contribution in [2.75, 3.05) is 7.05 Å². The van der Waals surface area contributed by atoms with E-state index in [1.165, 1.54) is 18.2 Å². The fourth-order valence-corrected chi connectivity index (χ4v) is 2.63. The number of nitrogens with zero attached hydrogens (tertiary/aromatic N) is 2. The van der Waals surface area contributed by atoms with Crippen molar-refractivity contribution in [2.24, 2.45) is 0 Å². The van der Waals surface area contributed by atoms with Crippen LogP contribution in [0.2, 0.25) is 0 Å². The van der Waals surface area contributed by atoms with Gasteiger partial charge in [-0.1, -0.05) is 0 Å². The first-order chi connectivity index (χ1) is 8.97.